The maximum atomic E-state index is 11.6. The molecule has 0 aliphatic carbocycles. The van der Waals surface area contributed by atoms with Gasteiger partial charge in [0.25, 0.3) is 0 Å². The molecule has 1 heterocycles. The molecule has 1 aliphatic heterocycles. The predicted octanol–water partition coefficient (Wildman–Crippen LogP) is 3.89. The molecule has 1 aromatic rings. The van der Waals surface area contributed by atoms with E-state index in [1.165, 1.54) is 12.0 Å². The van der Waals surface area contributed by atoms with Crippen LogP contribution in [0.15, 0.2) is 24.3 Å². The monoisotopic (exact) mass is 289 g/mol. The van der Waals surface area contributed by atoms with E-state index in [0.717, 1.165) is 24.9 Å². The van der Waals surface area contributed by atoms with Crippen LogP contribution in [0.4, 0.5) is 0 Å². The van der Waals surface area contributed by atoms with Crippen LogP contribution in [0.1, 0.15) is 57.1 Å². The second-order valence-corrected chi connectivity index (χ2v) is 6.33. The standard InChI is InChI=1S/C18H27NO2/c1-4-13(3)10-15(5-2)19-11-14-8-6-7-9-16(14)17(12-19)18(20)21/h6-9,13,15,17H,4-5,10-12H2,1-3H3,(H,20,21). The van der Waals surface area contributed by atoms with Gasteiger partial charge >= 0.3 is 5.97 Å². The van der Waals surface area contributed by atoms with Gasteiger partial charge in [-0.25, -0.2) is 0 Å². The second-order valence-electron chi connectivity index (χ2n) is 6.33. The molecule has 0 spiro atoms. The number of hydrogen-bond donors (Lipinski definition) is 1. The van der Waals surface area contributed by atoms with Crippen molar-refractivity contribution in [2.75, 3.05) is 6.54 Å². The maximum absolute atomic E-state index is 11.6. The summed E-state index contributed by atoms with van der Waals surface area (Å²) < 4.78 is 0. The Balaban J connectivity index is 2.21. The van der Waals surface area contributed by atoms with Gasteiger partial charge in [0.2, 0.25) is 0 Å². The molecule has 0 bridgehead atoms. The Kier molecular flexibility index (Phi) is 5.40. The SMILES string of the molecule is CCC(C)CC(CC)N1Cc2ccccc2C(C(=O)O)C1. The Morgan fingerprint density at radius 3 is 2.67 bits per heavy atom. The molecule has 0 saturated heterocycles. The molecule has 1 aliphatic rings. The molecule has 0 amide bonds. The van der Waals surface area contributed by atoms with Gasteiger partial charge in [0.1, 0.15) is 0 Å². The highest BCUT2D eigenvalue weighted by atomic mass is 16.4. The zero-order valence-electron chi connectivity index (χ0n) is 13.4. The fourth-order valence-electron chi connectivity index (χ4n) is 3.33. The molecule has 3 unspecified atom stereocenters. The van der Waals surface area contributed by atoms with Crippen molar-refractivity contribution in [1.29, 1.82) is 0 Å². The summed E-state index contributed by atoms with van der Waals surface area (Å²) in [6.07, 6.45) is 3.42. The van der Waals surface area contributed by atoms with Gasteiger partial charge in [0, 0.05) is 19.1 Å². The molecule has 3 heteroatoms. The van der Waals surface area contributed by atoms with Crippen LogP contribution in [-0.2, 0) is 11.3 Å². The van der Waals surface area contributed by atoms with Crippen molar-refractivity contribution >= 4 is 5.97 Å². The average molecular weight is 289 g/mol. The van der Waals surface area contributed by atoms with Gasteiger partial charge in [-0.3, -0.25) is 9.69 Å². The van der Waals surface area contributed by atoms with E-state index >= 15 is 0 Å². The van der Waals surface area contributed by atoms with E-state index in [0.29, 0.717) is 18.5 Å². The molecule has 0 radical (unpaired) electrons. The van der Waals surface area contributed by atoms with Gasteiger partial charge in [-0.05, 0) is 29.9 Å². The topological polar surface area (TPSA) is 40.5 Å². The summed E-state index contributed by atoms with van der Waals surface area (Å²) in [6.45, 7) is 8.25. The number of carbonyl (C=O) groups is 1. The summed E-state index contributed by atoms with van der Waals surface area (Å²) in [6, 6.07) is 8.49. The van der Waals surface area contributed by atoms with E-state index in [4.69, 9.17) is 0 Å². The molecule has 21 heavy (non-hydrogen) atoms. The zero-order valence-corrected chi connectivity index (χ0v) is 13.4. The number of benzene rings is 1. The number of fused-ring (bicyclic) bond motifs is 1. The van der Waals surface area contributed by atoms with Crippen LogP contribution in [0, 0.1) is 5.92 Å². The van der Waals surface area contributed by atoms with Gasteiger partial charge in [-0.1, -0.05) is 51.5 Å². The fraction of sp³-hybridized carbons (Fsp3) is 0.611. The van der Waals surface area contributed by atoms with Gasteiger partial charge in [-0.15, -0.1) is 0 Å². The minimum atomic E-state index is -0.703. The molecule has 0 saturated carbocycles. The lowest BCUT2D eigenvalue weighted by molar-refractivity contribution is -0.139. The van der Waals surface area contributed by atoms with Crippen LogP contribution < -0.4 is 0 Å². The number of aliphatic carboxylic acids is 1. The number of hydrogen-bond acceptors (Lipinski definition) is 2. The number of nitrogens with zero attached hydrogens (tertiary/aromatic N) is 1. The Morgan fingerprint density at radius 1 is 1.33 bits per heavy atom. The highest BCUT2D eigenvalue weighted by Crippen LogP contribution is 2.31. The van der Waals surface area contributed by atoms with Gasteiger partial charge < -0.3 is 5.11 Å². The zero-order chi connectivity index (χ0) is 15.4. The molecule has 0 fully saturated rings. The summed E-state index contributed by atoms with van der Waals surface area (Å²) in [4.78, 5) is 14.0. The van der Waals surface area contributed by atoms with Crippen LogP contribution >= 0.6 is 0 Å². The van der Waals surface area contributed by atoms with E-state index in [1.54, 1.807) is 0 Å². The van der Waals surface area contributed by atoms with Gasteiger partial charge in [0.05, 0.1) is 5.92 Å². The number of carboxylic acids is 1. The van der Waals surface area contributed by atoms with E-state index in [1.807, 2.05) is 18.2 Å². The molecular formula is C18H27NO2. The molecule has 2 rings (SSSR count). The number of carboxylic acid groups (broad SMARTS) is 1. The van der Waals surface area contributed by atoms with E-state index < -0.39 is 5.97 Å². The summed E-state index contributed by atoms with van der Waals surface area (Å²) in [7, 11) is 0. The quantitative estimate of drug-likeness (QED) is 0.864. The summed E-state index contributed by atoms with van der Waals surface area (Å²) >= 11 is 0. The summed E-state index contributed by atoms with van der Waals surface area (Å²) in [5.41, 5.74) is 2.18. The first kappa shape index (κ1) is 16.0. The molecule has 0 aromatic heterocycles. The number of rotatable bonds is 6. The molecular weight excluding hydrogens is 262 g/mol. The lowest BCUT2D eigenvalue weighted by Crippen LogP contribution is -2.43. The third-order valence-electron chi connectivity index (χ3n) is 4.88. The smallest absolute Gasteiger partial charge is 0.312 e. The van der Waals surface area contributed by atoms with Gasteiger partial charge in [-0.2, -0.15) is 0 Å². The van der Waals surface area contributed by atoms with Gasteiger partial charge in [0.15, 0.2) is 0 Å². The summed E-state index contributed by atoms with van der Waals surface area (Å²) in [5.74, 6) is -0.401. The van der Waals surface area contributed by atoms with Crippen LogP contribution in [-0.4, -0.2) is 28.6 Å². The highest BCUT2D eigenvalue weighted by molar-refractivity contribution is 5.77. The Hall–Kier alpha value is -1.35. The first-order valence-corrected chi connectivity index (χ1v) is 8.11. The lowest BCUT2D eigenvalue weighted by Gasteiger charge is -2.39. The molecule has 1 aromatic carbocycles. The van der Waals surface area contributed by atoms with Crippen molar-refractivity contribution in [3.8, 4) is 0 Å². The van der Waals surface area contributed by atoms with Crippen LogP contribution in [0.3, 0.4) is 0 Å². The summed E-state index contributed by atoms with van der Waals surface area (Å²) in [5, 5.41) is 9.56. The minimum Gasteiger partial charge on any atom is -0.481 e. The average Bonchev–Trinajstić information content (AvgIpc) is 2.50. The van der Waals surface area contributed by atoms with Crippen LogP contribution in [0.25, 0.3) is 0 Å². The van der Waals surface area contributed by atoms with Crippen molar-refractivity contribution in [1.82, 2.24) is 4.90 Å². The largest absolute Gasteiger partial charge is 0.481 e. The second kappa shape index (κ2) is 7.08. The molecule has 3 nitrogen and oxygen atoms in total. The van der Waals surface area contributed by atoms with Crippen molar-refractivity contribution < 1.29 is 9.90 Å². The first-order chi connectivity index (χ1) is 10.1. The van der Waals surface area contributed by atoms with Crippen molar-refractivity contribution in [3.63, 3.8) is 0 Å². The predicted molar refractivity (Wildman–Crippen MR) is 85.4 cm³/mol. The minimum absolute atomic E-state index is 0.388. The Bertz CT molecular complexity index is 486. The maximum Gasteiger partial charge on any atom is 0.312 e. The molecule has 1 N–H and O–H groups in total. The Labute approximate surface area is 128 Å². The van der Waals surface area contributed by atoms with Crippen LogP contribution in [0.2, 0.25) is 0 Å². The van der Waals surface area contributed by atoms with E-state index in [9.17, 15) is 9.90 Å². The van der Waals surface area contributed by atoms with Crippen molar-refractivity contribution in [3.05, 3.63) is 35.4 Å². The molecule has 116 valence electrons. The molecule has 3 atom stereocenters. The van der Waals surface area contributed by atoms with E-state index in [2.05, 4.69) is 31.7 Å². The fourth-order valence-corrected chi connectivity index (χ4v) is 3.33. The Morgan fingerprint density at radius 2 is 2.05 bits per heavy atom. The first-order valence-electron chi connectivity index (χ1n) is 8.11. The highest BCUT2D eigenvalue weighted by Gasteiger charge is 2.33. The third-order valence-corrected chi connectivity index (χ3v) is 4.88. The third kappa shape index (κ3) is 3.65. The van der Waals surface area contributed by atoms with Crippen LogP contribution in [0.5, 0.6) is 0 Å². The van der Waals surface area contributed by atoms with E-state index in [-0.39, 0.29) is 5.92 Å². The lowest BCUT2D eigenvalue weighted by atomic mass is 9.87. The van der Waals surface area contributed by atoms with Crippen molar-refractivity contribution in [2.24, 2.45) is 5.92 Å². The normalized spacial score (nSPS) is 21.6. The van der Waals surface area contributed by atoms with Crippen molar-refractivity contribution in [2.45, 2.75) is 58.5 Å².